The van der Waals surface area contributed by atoms with Crippen LogP contribution >= 0.6 is 0 Å². The van der Waals surface area contributed by atoms with Crippen molar-refractivity contribution >= 4 is 31.1 Å². The van der Waals surface area contributed by atoms with Gasteiger partial charge in [0.05, 0.1) is 11.3 Å². The molecule has 0 aliphatic carbocycles. The largest absolute Gasteiger partial charge is 0.456 e. The molecule has 3 heterocycles. The number of fused-ring (bicyclic) bond motifs is 1. The van der Waals surface area contributed by atoms with E-state index in [0.29, 0.717) is 5.69 Å². The van der Waals surface area contributed by atoms with Crippen molar-refractivity contribution in [3.8, 4) is 0 Å². The molecule has 0 aliphatic rings. The fraction of sp³-hybridized carbons (Fsp3) is 0.481. The van der Waals surface area contributed by atoms with Crippen LogP contribution in [-0.4, -0.2) is 54.1 Å². The highest BCUT2D eigenvalue weighted by Crippen LogP contribution is 2.40. The predicted molar refractivity (Wildman–Crippen MR) is 144 cm³/mol. The van der Waals surface area contributed by atoms with Crippen molar-refractivity contribution in [2.75, 3.05) is 14.2 Å². The van der Waals surface area contributed by atoms with Crippen LogP contribution < -0.4 is 5.32 Å². The lowest BCUT2D eigenvalue weighted by molar-refractivity contribution is 0.00689. The summed E-state index contributed by atoms with van der Waals surface area (Å²) in [5.74, 6) is -0.935. The Kier molecular flexibility index (Phi) is 7.48. The van der Waals surface area contributed by atoms with Crippen molar-refractivity contribution in [1.82, 2.24) is 19.5 Å². The van der Waals surface area contributed by atoms with Crippen molar-refractivity contribution in [2.24, 2.45) is 0 Å². The second-order valence-electron chi connectivity index (χ2n) is 11.5. The number of nitrogens with zero attached hydrogens (tertiary/aromatic N) is 3. The van der Waals surface area contributed by atoms with Gasteiger partial charge in [0.25, 0.3) is 5.91 Å². The first-order chi connectivity index (χ1) is 16.6. The van der Waals surface area contributed by atoms with Crippen LogP contribution in [-0.2, 0) is 9.47 Å². The van der Waals surface area contributed by atoms with Gasteiger partial charge >= 0.3 is 5.97 Å². The molecular weight excluding hydrogens is 472 g/mol. The number of hydrogen-bond acceptors (Lipinski definition) is 6. The molecule has 9 heteroatoms. The lowest BCUT2D eigenvalue weighted by atomic mass is 10.0. The molecule has 1 atom stereocenters. The zero-order valence-corrected chi connectivity index (χ0v) is 24.0. The molecule has 36 heavy (non-hydrogen) atoms. The standard InChI is InChI=1S/C27H38N4O4Si/c1-26(2,3)35-25(33)17-15-20(30-21(16-17)24(32)28-7)22(34-8)18-11-13-29-23-19(18)12-14-31(23)36(9,10)27(4,5)6/h11-16,22H,1-10H3,(H,28,32). The van der Waals surface area contributed by atoms with E-state index in [0.717, 1.165) is 16.6 Å². The summed E-state index contributed by atoms with van der Waals surface area (Å²) in [4.78, 5) is 34.7. The molecule has 0 radical (unpaired) electrons. The number of amides is 1. The Morgan fingerprint density at radius 1 is 1.08 bits per heavy atom. The van der Waals surface area contributed by atoms with Crippen LogP contribution in [0.3, 0.4) is 0 Å². The van der Waals surface area contributed by atoms with Crippen LogP contribution in [0, 0.1) is 0 Å². The third kappa shape index (κ3) is 5.37. The van der Waals surface area contributed by atoms with E-state index in [1.165, 1.54) is 13.1 Å². The molecule has 0 aliphatic heterocycles. The van der Waals surface area contributed by atoms with E-state index in [1.54, 1.807) is 40.1 Å². The molecule has 0 spiro atoms. The zero-order valence-electron chi connectivity index (χ0n) is 23.0. The first-order valence-corrected chi connectivity index (χ1v) is 15.0. The summed E-state index contributed by atoms with van der Waals surface area (Å²) < 4.78 is 13.8. The number of hydrogen-bond donors (Lipinski definition) is 1. The summed E-state index contributed by atoms with van der Waals surface area (Å²) in [5.41, 5.74) is 1.85. The molecule has 1 unspecified atom stereocenters. The van der Waals surface area contributed by atoms with E-state index in [1.807, 2.05) is 6.07 Å². The number of methoxy groups -OCH3 is 1. The van der Waals surface area contributed by atoms with Crippen LogP contribution in [0.2, 0.25) is 18.1 Å². The van der Waals surface area contributed by atoms with Crippen molar-refractivity contribution < 1.29 is 19.1 Å². The van der Waals surface area contributed by atoms with E-state index in [9.17, 15) is 9.59 Å². The maximum Gasteiger partial charge on any atom is 0.338 e. The summed E-state index contributed by atoms with van der Waals surface area (Å²) >= 11 is 0. The van der Waals surface area contributed by atoms with E-state index >= 15 is 0 Å². The van der Waals surface area contributed by atoms with Gasteiger partial charge in [-0.2, -0.15) is 0 Å². The Morgan fingerprint density at radius 2 is 1.75 bits per heavy atom. The van der Waals surface area contributed by atoms with Gasteiger partial charge in [-0.05, 0) is 61.8 Å². The van der Waals surface area contributed by atoms with Gasteiger partial charge in [-0.3, -0.25) is 4.79 Å². The van der Waals surface area contributed by atoms with Gasteiger partial charge in [0.15, 0.2) is 8.24 Å². The summed E-state index contributed by atoms with van der Waals surface area (Å²) in [6.07, 6.45) is 3.24. The molecule has 0 bridgehead atoms. The van der Waals surface area contributed by atoms with Crippen molar-refractivity contribution in [3.05, 3.63) is 59.2 Å². The number of rotatable bonds is 6. The molecule has 1 amide bonds. The molecular formula is C27H38N4O4Si. The first kappa shape index (κ1) is 27.5. The number of aromatic nitrogens is 3. The molecule has 8 nitrogen and oxygen atoms in total. The zero-order chi connectivity index (χ0) is 27.1. The average Bonchev–Trinajstić information content (AvgIpc) is 3.22. The molecule has 0 fully saturated rings. The molecule has 3 rings (SSSR count). The number of pyridine rings is 2. The number of carbonyl (C=O) groups excluding carboxylic acids is 2. The lowest BCUT2D eigenvalue weighted by Gasteiger charge is -2.38. The Morgan fingerprint density at radius 3 is 2.31 bits per heavy atom. The van der Waals surface area contributed by atoms with Gasteiger partial charge < -0.3 is 19.0 Å². The third-order valence-electron chi connectivity index (χ3n) is 6.79. The van der Waals surface area contributed by atoms with E-state index < -0.39 is 31.8 Å². The van der Waals surface area contributed by atoms with Gasteiger partial charge in [-0.1, -0.05) is 33.9 Å². The molecule has 0 saturated heterocycles. The molecule has 0 aromatic carbocycles. The minimum absolute atomic E-state index is 0.113. The second kappa shape index (κ2) is 9.78. The fourth-order valence-electron chi connectivity index (χ4n) is 3.89. The maximum atomic E-state index is 12.9. The van der Waals surface area contributed by atoms with Crippen LogP contribution in [0.15, 0.2) is 36.7 Å². The maximum absolute atomic E-state index is 12.9. The minimum atomic E-state index is -1.93. The third-order valence-corrected chi connectivity index (χ3v) is 12.0. The Balaban J connectivity index is 2.19. The minimum Gasteiger partial charge on any atom is -0.456 e. The van der Waals surface area contributed by atoms with Crippen LogP contribution in [0.4, 0.5) is 0 Å². The number of esters is 1. The Labute approximate surface area is 214 Å². The van der Waals surface area contributed by atoms with Crippen LogP contribution in [0.5, 0.6) is 0 Å². The van der Waals surface area contributed by atoms with Gasteiger partial charge in [0.2, 0.25) is 0 Å². The molecule has 3 aromatic rings. The predicted octanol–water partition coefficient (Wildman–Crippen LogP) is 5.34. The number of carbonyl (C=O) groups is 2. The molecule has 1 N–H and O–H groups in total. The topological polar surface area (TPSA) is 95.3 Å². The van der Waals surface area contributed by atoms with Crippen molar-refractivity contribution in [2.45, 2.75) is 71.4 Å². The highest BCUT2D eigenvalue weighted by molar-refractivity contribution is 6.79. The fourth-order valence-corrected chi connectivity index (χ4v) is 5.77. The summed E-state index contributed by atoms with van der Waals surface area (Å²) in [6, 6.07) is 7.03. The second-order valence-corrected chi connectivity index (χ2v) is 16.6. The van der Waals surface area contributed by atoms with Crippen LogP contribution in [0.1, 0.15) is 79.8 Å². The highest BCUT2D eigenvalue weighted by Gasteiger charge is 2.39. The molecule has 194 valence electrons. The van der Waals surface area contributed by atoms with Gasteiger partial charge in [0, 0.05) is 25.7 Å². The number of ether oxygens (including phenoxy) is 2. The quantitative estimate of drug-likeness (QED) is 0.355. The molecule has 0 saturated carbocycles. The lowest BCUT2D eigenvalue weighted by Crippen LogP contribution is -2.45. The average molecular weight is 511 g/mol. The summed E-state index contributed by atoms with van der Waals surface area (Å²) in [6.45, 7) is 16.8. The van der Waals surface area contributed by atoms with Crippen molar-refractivity contribution in [3.63, 3.8) is 0 Å². The molecule has 3 aromatic heterocycles. The number of nitrogens with one attached hydrogen (secondary N) is 1. The van der Waals surface area contributed by atoms with E-state index in [-0.39, 0.29) is 16.3 Å². The first-order valence-electron chi connectivity index (χ1n) is 12.1. The summed E-state index contributed by atoms with van der Waals surface area (Å²) in [7, 11) is 1.18. The smallest absolute Gasteiger partial charge is 0.338 e. The van der Waals surface area contributed by atoms with E-state index in [2.05, 4.69) is 60.7 Å². The normalized spacial score (nSPS) is 13.5. The Bertz CT molecular complexity index is 1290. The van der Waals surface area contributed by atoms with Gasteiger partial charge in [-0.15, -0.1) is 0 Å². The Hall–Kier alpha value is -3.04. The summed E-state index contributed by atoms with van der Waals surface area (Å²) in [5, 5.41) is 3.64. The monoisotopic (exact) mass is 510 g/mol. The highest BCUT2D eigenvalue weighted by atomic mass is 28.3. The van der Waals surface area contributed by atoms with E-state index in [4.69, 9.17) is 14.5 Å². The van der Waals surface area contributed by atoms with Crippen LogP contribution in [0.25, 0.3) is 11.0 Å². The SMILES string of the molecule is CNC(=O)c1cc(C(=O)OC(C)(C)C)cc(C(OC)c2ccnc3c2ccn3[Si](C)(C)C(C)(C)C)n1. The van der Waals surface area contributed by atoms with Gasteiger partial charge in [0.1, 0.15) is 23.0 Å². The van der Waals surface area contributed by atoms with Crippen molar-refractivity contribution in [1.29, 1.82) is 0 Å². The van der Waals surface area contributed by atoms with Gasteiger partial charge in [-0.25, -0.2) is 14.8 Å².